The molecule has 0 amide bonds. The van der Waals surface area contributed by atoms with Crippen LogP contribution in [0.1, 0.15) is 12.0 Å². The number of aryl methyl sites for hydroxylation is 1. The van der Waals surface area contributed by atoms with Crippen LogP contribution >= 0.6 is 27.3 Å². The summed E-state index contributed by atoms with van der Waals surface area (Å²) in [6.45, 7) is 0.462. The summed E-state index contributed by atoms with van der Waals surface area (Å²) in [5.74, 6) is -0.349. The minimum atomic E-state index is -0.349. The normalized spacial score (nSPS) is 10.8. The number of nitrogens with zero attached hydrogens (tertiary/aromatic N) is 2. The Morgan fingerprint density at radius 1 is 1.30 bits per heavy atom. The van der Waals surface area contributed by atoms with Gasteiger partial charge in [-0.2, -0.15) is 0 Å². The SMILES string of the molecule is O=C(CCn1cnc2sccc2c1=O)OCc1ccccc1Br. The van der Waals surface area contributed by atoms with E-state index in [9.17, 15) is 9.59 Å². The van der Waals surface area contributed by atoms with Crippen LogP contribution in [0.2, 0.25) is 0 Å². The Morgan fingerprint density at radius 2 is 2.13 bits per heavy atom. The second-order valence-electron chi connectivity index (χ2n) is 4.88. The van der Waals surface area contributed by atoms with Crippen LogP contribution in [0.15, 0.2) is 51.3 Å². The lowest BCUT2D eigenvalue weighted by molar-refractivity contribution is -0.145. The first-order chi connectivity index (χ1) is 11.1. The number of aromatic nitrogens is 2. The van der Waals surface area contributed by atoms with Crippen LogP contribution in [0.25, 0.3) is 10.2 Å². The molecule has 0 saturated heterocycles. The van der Waals surface area contributed by atoms with Crippen molar-refractivity contribution in [1.29, 1.82) is 0 Å². The standard InChI is InChI=1S/C16H13BrN2O3S/c17-13-4-2-1-3-11(13)9-22-14(20)5-7-19-10-18-15-12(16(19)21)6-8-23-15/h1-4,6,8,10H,5,7,9H2. The van der Waals surface area contributed by atoms with Gasteiger partial charge in [-0.05, 0) is 17.5 Å². The van der Waals surface area contributed by atoms with Crippen LogP contribution in [0, 0.1) is 0 Å². The van der Waals surface area contributed by atoms with Crippen molar-refractivity contribution in [3.8, 4) is 0 Å². The second-order valence-corrected chi connectivity index (χ2v) is 6.63. The van der Waals surface area contributed by atoms with Crippen molar-refractivity contribution in [1.82, 2.24) is 9.55 Å². The maximum Gasteiger partial charge on any atom is 0.307 e. The fourth-order valence-electron chi connectivity index (χ4n) is 2.11. The number of fused-ring (bicyclic) bond motifs is 1. The van der Waals surface area contributed by atoms with Gasteiger partial charge in [0.2, 0.25) is 0 Å². The number of esters is 1. The molecule has 0 radical (unpaired) electrons. The quantitative estimate of drug-likeness (QED) is 0.624. The molecule has 2 heterocycles. The summed E-state index contributed by atoms with van der Waals surface area (Å²) < 4.78 is 7.58. The van der Waals surface area contributed by atoms with Crippen LogP contribution < -0.4 is 5.56 Å². The summed E-state index contributed by atoms with van der Waals surface area (Å²) in [5, 5.41) is 2.41. The zero-order valence-corrected chi connectivity index (χ0v) is 14.5. The highest BCUT2D eigenvalue weighted by atomic mass is 79.9. The van der Waals surface area contributed by atoms with Crippen molar-refractivity contribution in [2.45, 2.75) is 19.6 Å². The van der Waals surface area contributed by atoms with Crippen molar-refractivity contribution >= 4 is 43.5 Å². The zero-order valence-electron chi connectivity index (χ0n) is 12.1. The van der Waals surface area contributed by atoms with E-state index in [1.807, 2.05) is 29.6 Å². The van der Waals surface area contributed by atoms with E-state index in [4.69, 9.17) is 4.74 Å². The summed E-state index contributed by atoms with van der Waals surface area (Å²) in [4.78, 5) is 29.0. The predicted molar refractivity (Wildman–Crippen MR) is 92.4 cm³/mol. The number of benzene rings is 1. The van der Waals surface area contributed by atoms with Gasteiger partial charge in [0.05, 0.1) is 18.1 Å². The largest absolute Gasteiger partial charge is 0.461 e. The molecule has 3 rings (SSSR count). The molecular formula is C16H13BrN2O3S. The van der Waals surface area contributed by atoms with Crippen LogP contribution in [-0.2, 0) is 22.7 Å². The molecule has 0 bridgehead atoms. The number of carbonyl (C=O) groups is 1. The number of rotatable bonds is 5. The van der Waals surface area contributed by atoms with Crippen molar-refractivity contribution in [2.24, 2.45) is 0 Å². The summed E-state index contributed by atoms with van der Waals surface area (Å²) in [5.41, 5.74) is 0.772. The molecule has 0 saturated carbocycles. The van der Waals surface area contributed by atoms with Crippen LogP contribution in [0.5, 0.6) is 0 Å². The highest BCUT2D eigenvalue weighted by Crippen LogP contribution is 2.17. The number of halogens is 1. The van der Waals surface area contributed by atoms with E-state index < -0.39 is 0 Å². The monoisotopic (exact) mass is 392 g/mol. The minimum Gasteiger partial charge on any atom is -0.461 e. The minimum absolute atomic E-state index is 0.127. The van der Waals surface area contributed by atoms with E-state index >= 15 is 0 Å². The average Bonchev–Trinajstić information content (AvgIpc) is 3.03. The molecule has 3 aromatic rings. The van der Waals surface area contributed by atoms with Crippen LogP contribution in [0.4, 0.5) is 0 Å². The molecule has 0 N–H and O–H groups in total. The van der Waals surface area contributed by atoms with E-state index in [0.29, 0.717) is 10.2 Å². The van der Waals surface area contributed by atoms with Gasteiger partial charge in [-0.1, -0.05) is 34.1 Å². The summed E-state index contributed by atoms with van der Waals surface area (Å²) in [7, 11) is 0. The first kappa shape index (κ1) is 15.9. The number of ether oxygens (including phenoxy) is 1. The van der Waals surface area contributed by atoms with Gasteiger partial charge in [0.1, 0.15) is 11.4 Å². The highest BCUT2D eigenvalue weighted by molar-refractivity contribution is 9.10. The van der Waals surface area contributed by atoms with E-state index in [0.717, 1.165) is 10.0 Å². The van der Waals surface area contributed by atoms with E-state index in [2.05, 4.69) is 20.9 Å². The first-order valence-corrected chi connectivity index (χ1v) is 8.64. The van der Waals surface area contributed by atoms with E-state index in [1.54, 1.807) is 6.07 Å². The highest BCUT2D eigenvalue weighted by Gasteiger charge is 2.09. The van der Waals surface area contributed by atoms with Gasteiger partial charge >= 0.3 is 5.97 Å². The Morgan fingerprint density at radius 3 is 2.96 bits per heavy atom. The fourth-order valence-corrected chi connectivity index (χ4v) is 3.23. The third-order valence-electron chi connectivity index (χ3n) is 3.35. The Labute approximate surface area is 144 Å². The Hall–Kier alpha value is -1.99. The van der Waals surface area contributed by atoms with Crippen LogP contribution in [-0.4, -0.2) is 15.5 Å². The molecule has 0 spiro atoms. The van der Waals surface area contributed by atoms with Crippen molar-refractivity contribution in [3.63, 3.8) is 0 Å². The third-order valence-corrected chi connectivity index (χ3v) is 4.95. The zero-order chi connectivity index (χ0) is 16.2. The molecule has 0 aliphatic carbocycles. The van der Waals surface area contributed by atoms with Gasteiger partial charge in [-0.25, -0.2) is 4.98 Å². The number of carbonyl (C=O) groups excluding carboxylic acids is 1. The predicted octanol–water partition coefficient (Wildman–Crippen LogP) is 3.35. The topological polar surface area (TPSA) is 61.2 Å². The molecular weight excluding hydrogens is 380 g/mol. The van der Waals surface area contributed by atoms with Gasteiger partial charge in [0.25, 0.3) is 5.56 Å². The van der Waals surface area contributed by atoms with Crippen LogP contribution in [0.3, 0.4) is 0 Å². The molecule has 0 fully saturated rings. The van der Waals surface area contributed by atoms with E-state index in [-0.39, 0.29) is 31.1 Å². The number of thiophene rings is 1. The average molecular weight is 393 g/mol. The Bertz CT molecular complexity index is 903. The molecule has 0 unspecified atom stereocenters. The smallest absolute Gasteiger partial charge is 0.307 e. The molecule has 5 nitrogen and oxygen atoms in total. The Balaban J connectivity index is 1.59. The lowest BCUT2D eigenvalue weighted by atomic mass is 10.2. The van der Waals surface area contributed by atoms with Crippen molar-refractivity contribution in [2.75, 3.05) is 0 Å². The lowest BCUT2D eigenvalue weighted by Crippen LogP contribution is -2.21. The van der Waals surface area contributed by atoms with E-state index in [1.165, 1.54) is 22.2 Å². The van der Waals surface area contributed by atoms with Gasteiger partial charge in [-0.3, -0.25) is 14.2 Å². The fraction of sp³-hybridized carbons (Fsp3) is 0.188. The third kappa shape index (κ3) is 3.68. The summed E-state index contributed by atoms with van der Waals surface area (Å²) in [6.07, 6.45) is 1.60. The van der Waals surface area contributed by atoms with Crippen molar-refractivity contribution in [3.05, 3.63) is 62.4 Å². The first-order valence-electron chi connectivity index (χ1n) is 6.97. The maximum absolute atomic E-state index is 12.2. The van der Waals surface area contributed by atoms with Crippen molar-refractivity contribution < 1.29 is 9.53 Å². The van der Waals surface area contributed by atoms with Gasteiger partial charge in [0.15, 0.2) is 0 Å². The molecule has 1 aromatic carbocycles. The maximum atomic E-state index is 12.2. The van der Waals surface area contributed by atoms with Gasteiger partial charge in [-0.15, -0.1) is 11.3 Å². The molecule has 7 heteroatoms. The molecule has 2 aromatic heterocycles. The summed E-state index contributed by atoms with van der Waals surface area (Å²) in [6, 6.07) is 9.31. The number of hydrogen-bond acceptors (Lipinski definition) is 5. The Kier molecular flexibility index (Phi) is 4.88. The number of hydrogen-bond donors (Lipinski definition) is 0. The van der Waals surface area contributed by atoms with Gasteiger partial charge < -0.3 is 4.74 Å². The molecule has 118 valence electrons. The molecule has 0 aliphatic heterocycles. The summed E-state index contributed by atoms with van der Waals surface area (Å²) >= 11 is 4.83. The van der Waals surface area contributed by atoms with Gasteiger partial charge in [0, 0.05) is 16.6 Å². The molecule has 0 aliphatic rings. The molecule has 23 heavy (non-hydrogen) atoms. The molecule has 0 atom stereocenters. The lowest BCUT2D eigenvalue weighted by Gasteiger charge is -2.07. The second kappa shape index (κ2) is 7.06.